The van der Waals surface area contributed by atoms with Crippen molar-refractivity contribution in [2.75, 3.05) is 19.6 Å². The fourth-order valence-electron chi connectivity index (χ4n) is 2.52. The maximum Gasteiger partial charge on any atom is 0.223 e. The molecule has 3 nitrogen and oxygen atoms in total. The summed E-state index contributed by atoms with van der Waals surface area (Å²) in [4.78, 5) is 14.2. The second-order valence-corrected chi connectivity index (χ2v) is 5.66. The molecule has 0 radical (unpaired) electrons. The molecule has 19 heavy (non-hydrogen) atoms. The number of rotatable bonds is 3. The molecule has 0 aromatic heterocycles. The Labute approximate surface area is 113 Å². The Hall–Kier alpha value is -1.42. The van der Waals surface area contributed by atoms with E-state index in [1.165, 1.54) is 12.1 Å². The lowest BCUT2D eigenvalue weighted by Gasteiger charge is -2.43. The Balaban J connectivity index is 1.94. The molecular weight excluding hydrogens is 243 g/mol. The van der Waals surface area contributed by atoms with Crippen molar-refractivity contribution in [1.82, 2.24) is 10.2 Å². The fraction of sp³-hybridized carbons (Fsp3) is 0.533. The van der Waals surface area contributed by atoms with Gasteiger partial charge in [-0.3, -0.25) is 4.79 Å². The largest absolute Gasteiger partial charge is 0.335 e. The molecule has 0 atom stereocenters. The molecule has 104 valence electrons. The summed E-state index contributed by atoms with van der Waals surface area (Å²) in [5.41, 5.74) is 0.735. The van der Waals surface area contributed by atoms with E-state index < -0.39 is 0 Å². The van der Waals surface area contributed by atoms with E-state index in [1.807, 2.05) is 11.0 Å². The number of nitrogens with zero attached hydrogens (tertiary/aromatic N) is 1. The minimum Gasteiger partial charge on any atom is -0.335 e. The average Bonchev–Trinajstić information content (AvgIpc) is 2.35. The van der Waals surface area contributed by atoms with Crippen molar-refractivity contribution in [3.05, 3.63) is 35.6 Å². The first kappa shape index (κ1) is 14.0. The molecule has 0 spiro atoms. The van der Waals surface area contributed by atoms with Crippen molar-refractivity contribution in [1.29, 1.82) is 0 Å². The van der Waals surface area contributed by atoms with Crippen LogP contribution < -0.4 is 5.32 Å². The van der Waals surface area contributed by atoms with Gasteiger partial charge in [0.2, 0.25) is 5.91 Å². The van der Waals surface area contributed by atoms with Crippen LogP contribution in [-0.4, -0.2) is 36.0 Å². The summed E-state index contributed by atoms with van der Waals surface area (Å²) in [5, 5.41) is 3.30. The maximum absolute atomic E-state index is 13.1. The van der Waals surface area contributed by atoms with Gasteiger partial charge in [0.05, 0.1) is 0 Å². The number of hydrogen-bond acceptors (Lipinski definition) is 2. The first-order chi connectivity index (χ1) is 8.99. The number of halogens is 1. The Morgan fingerprint density at radius 2 is 2.26 bits per heavy atom. The van der Waals surface area contributed by atoms with Crippen LogP contribution in [0.5, 0.6) is 0 Å². The van der Waals surface area contributed by atoms with Gasteiger partial charge < -0.3 is 10.2 Å². The fourth-order valence-corrected chi connectivity index (χ4v) is 2.52. The Morgan fingerprint density at radius 1 is 1.47 bits per heavy atom. The van der Waals surface area contributed by atoms with Crippen molar-refractivity contribution in [3.8, 4) is 0 Å². The van der Waals surface area contributed by atoms with Crippen molar-refractivity contribution in [2.24, 2.45) is 0 Å². The van der Waals surface area contributed by atoms with Crippen molar-refractivity contribution in [2.45, 2.75) is 32.2 Å². The minimum absolute atomic E-state index is 0.142. The van der Waals surface area contributed by atoms with E-state index in [4.69, 9.17) is 0 Å². The number of hydrogen-bond donors (Lipinski definition) is 1. The Kier molecular flexibility index (Phi) is 4.20. The van der Waals surface area contributed by atoms with Crippen LogP contribution in [0.4, 0.5) is 4.39 Å². The molecule has 1 fully saturated rings. The van der Waals surface area contributed by atoms with Crippen molar-refractivity contribution in [3.63, 3.8) is 0 Å². The van der Waals surface area contributed by atoms with Crippen LogP contribution in [0.2, 0.25) is 0 Å². The van der Waals surface area contributed by atoms with Gasteiger partial charge in [0.1, 0.15) is 5.82 Å². The SMILES string of the molecule is CC1(C)CNCCN1C(=O)CCc1cccc(F)c1. The number of nitrogens with one attached hydrogen (secondary N) is 1. The van der Waals surface area contributed by atoms with E-state index in [1.54, 1.807) is 6.07 Å². The van der Waals surface area contributed by atoms with Crippen molar-refractivity contribution < 1.29 is 9.18 Å². The summed E-state index contributed by atoms with van der Waals surface area (Å²) in [6, 6.07) is 6.46. The van der Waals surface area contributed by atoms with Gasteiger partial charge in [-0.2, -0.15) is 0 Å². The van der Waals surface area contributed by atoms with E-state index >= 15 is 0 Å². The zero-order valence-electron chi connectivity index (χ0n) is 11.6. The number of benzene rings is 1. The van der Waals surface area contributed by atoms with Gasteiger partial charge >= 0.3 is 0 Å². The molecule has 1 saturated heterocycles. The Morgan fingerprint density at radius 3 is 2.95 bits per heavy atom. The molecular formula is C15H21FN2O. The first-order valence-electron chi connectivity index (χ1n) is 6.75. The lowest BCUT2D eigenvalue weighted by Crippen LogP contribution is -2.59. The minimum atomic E-state index is -0.243. The smallest absolute Gasteiger partial charge is 0.223 e. The quantitative estimate of drug-likeness (QED) is 0.905. The van der Waals surface area contributed by atoms with Gasteiger partial charge in [-0.25, -0.2) is 4.39 Å². The van der Waals surface area contributed by atoms with Crippen LogP contribution in [0.15, 0.2) is 24.3 Å². The van der Waals surface area contributed by atoms with Gasteiger partial charge in [-0.1, -0.05) is 12.1 Å². The summed E-state index contributed by atoms with van der Waals surface area (Å²) < 4.78 is 13.1. The molecule has 0 aliphatic carbocycles. The number of piperazine rings is 1. The number of amides is 1. The molecule has 1 amide bonds. The van der Waals surface area contributed by atoms with Crippen LogP contribution in [0, 0.1) is 5.82 Å². The third-order valence-electron chi connectivity index (χ3n) is 3.62. The first-order valence-corrected chi connectivity index (χ1v) is 6.75. The third-order valence-corrected chi connectivity index (χ3v) is 3.62. The molecule has 1 aromatic rings. The zero-order valence-corrected chi connectivity index (χ0v) is 11.6. The van der Waals surface area contributed by atoms with Crippen LogP contribution >= 0.6 is 0 Å². The van der Waals surface area contributed by atoms with E-state index in [0.717, 1.165) is 25.2 Å². The highest BCUT2D eigenvalue weighted by atomic mass is 19.1. The normalized spacial score (nSPS) is 18.4. The topological polar surface area (TPSA) is 32.3 Å². The molecule has 1 aromatic carbocycles. The second-order valence-electron chi connectivity index (χ2n) is 5.66. The maximum atomic E-state index is 13.1. The standard InChI is InChI=1S/C15H21FN2O/c1-15(2)11-17-8-9-18(15)14(19)7-6-12-4-3-5-13(16)10-12/h3-5,10,17H,6-9,11H2,1-2H3. The lowest BCUT2D eigenvalue weighted by molar-refractivity contribution is -0.137. The van der Waals surface area contributed by atoms with E-state index in [0.29, 0.717) is 12.8 Å². The molecule has 2 rings (SSSR count). The van der Waals surface area contributed by atoms with E-state index in [2.05, 4.69) is 19.2 Å². The highest BCUT2D eigenvalue weighted by Gasteiger charge is 2.32. The molecule has 0 bridgehead atoms. The van der Waals surface area contributed by atoms with Crippen molar-refractivity contribution >= 4 is 5.91 Å². The van der Waals surface area contributed by atoms with E-state index in [-0.39, 0.29) is 17.3 Å². The third kappa shape index (κ3) is 3.53. The van der Waals surface area contributed by atoms with Gasteiger partial charge in [0.25, 0.3) is 0 Å². The Bertz CT molecular complexity index is 459. The van der Waals surface area contributed by atoms with Gasteiger partial charge in [-0.15, -0.1) is 0 Å². The zero-order chi connectivity index (χ0) is 13.9. The van der Waals surface area contributed by atoms with Crippen LogP contribution in [-0.2, 0) is 11.2 Å². The lowest BCUT2D eigenvalue weighted by atomic mass is 9.99. The number of aryl methyl sites for hydroxylation is 1. The molecule has 1 heterocycles. The van der Waals surface area contributed by atoms with Crippen LogP contribution in [0.25, 0.3) is 0 Å². The molecule has 1 aliphatic heterocycles. The van der Waals surface area contributed by atoms with Gasteiger partial charge in [0.15, 0.2) is 0 Å². The summed E-state index contributed by atoms with van der Waals surface area (Å²) in [5.74, 6) is -0.0942. The molecule has 0 unspecified atom stereocenters. The molecule has 1 N–H and O–H groups in total. The average molecular weight is 264 g/mol. The van der Waals surface area contributed by atoms with Crippen LogP contribution in [0.1, 0.15) is 25.8 Å². The predicted molar refractivity (Wildman–Crippen MR) is 73.4 cm³/mol. The highest BCUT2D eigenvalue weighted by molar-refractivity contribution is 5.77. The predicted octanol–water partition coefficient (Wildman–Crippen LogP) is 1.97. The summed E-state index contributed by atoms with van der Waals surface area (Å²) in [7, 11) is 0. The summed E-state index contributed by atoms with van der Waals surface area (Å²) in [6.07, 6.45) is 1.03. The van der Waals surface area contributed by atoms with Gasteiger partial charge in [0, 0.05) is 31.6 Å². The summed E-state index contributed by atoms with van der Waals surface area (Å²) in [6.45, 7) is 6.54. The van der Waals surface area contributed by atoms with E-state index in [9.17, 15) is 9.18 Å². The monoisotopic (exact) mass is 264 g/mol. The molecule has 1 aliphatic rings. The number of carbonyl (C=O) groups excluding carboxylic acids is 1. The highest BCUT2D eigenvalue weighted by Crippen LogP contribution is 2.18. The summed E-state index contributed by atoms with van der Waals surface area (Å²) >= 11 is 0. The molecule has 0 saturated carbocycles. The molecule has 4 heteroatoms. The number of carbonyl (C=O) groups is 1. The van der Waals surface area contributed by atoms with Gasteiger partial charge in [-0.05, 0) is 38.0 Å². The second kappa shape index (κ2) is 5.70. The van der Waals surface area contributed by atoms with Crippen LogP contribution in [0.3, 0.4) is 0 Å².